The number of halogens is 6. The Morgan fingerprint density at radius 1 is 0.824 bits per heavy atom. The highest BCUT2D eigenvalue weighted by molar-refractivity contribution is 4.95. The summed E-state index contributed by atoms with van der Waals surface area (Å²) in [4.78, 5) is 0. The molecule has 0 radical (unpaired) electrons. The summed E-state index contributed by atoms with van der Waals surface area (Å²) in [7, 11) is 0. The first-order valence-corrected chi connectivity index (χ1v) is 5.16. The Morgan fingerprint density at radius 2 is 1.18 bits per heavy atom. The van der Waals surface area contributed by atoms with E-state index < -0.39 is 36.4 Å². The van der Waals surface area contributed by atoms with Gasteiger partial charge in [-0.3, -0.25) is 4.74 Å². The molecule has 0 aliphatic carbocycles. The Bertz CT molecular complexity index is 254. The van der Waals surface area contributed by atoms with E-state index in [0.29, 0.717) is 0 Å². The molecule has 0 aliphatic heterocycles. The lowest BCUT2D eigenvalue weighted by molar-refractivity contribution is -0.400. The number of hydrogen-bond donors (Lipinski definition) is 0. The number of alkyl halides is 6. The molecule has 0 bridgehead atoms. The number of ether oxygens (including phenoxy) is 1. The predicted octanol–water partition coefficient (Wildman–Crippen LogP) is 4.47. The van der Waals surface area contributed by atoms with Crippen LogP contribution in [0.25, 0.3) is 0 Å². The zero-order valence-corrected chi connectivity index (χ0v) is 10.1. The molecule has 0 aromatic rings. The van der Waals surface area contributed by atoms with Crippen LogP contribution >= 0.6 is 0 Å². The predicted molar refractivity (Wildman–Crippen MR) is 50.6 cm³/mol. The number of hydrogen-bond acceptors (Lipinski definition) is 1. The van der Waals surface area contributed by atoms with Crippen LogP contribution in [-0.2, 0) is 4.74 Å². The maximum absolute atomic E-state index is 13.6. The molecule has 0 N–H and O–H groups in total. The van der Waals surface area contributed by atoms with E-state index in [0.717, 1.165) is 0 Å². The van der Waals surface area contributed by atoms with Crippen molar-refractivity contribution in [1.29, 1.82) is 0 Å². The molecule has 0 rings (SSSR count). The summed E-state index contributed by atoms with van der Waals surface area (Å²) >= 11 is 0. The lowest BCUT2D eigenvalue weighted by atomic mass is 10.00. The summed E-state index contributed by atoms with van der Waals surface area (Å²) in [6.45, 7) is 2.36. The fourth-order valence-corrected chi connectivity index (χ4v) is 0.975. The van der Waals surface area contributed by atoms with Crippen molar-refractivity contribution in [3.63, 3.8) is 0 Å². The molecule has 104 valence electrons. The maximum atomic E-state index is 13.6. The minimum Gasteiger partial charge on any atom is -0.280 e. The van der Waals surface area contributed by atoms with Crippen LogP contribution in [-0.4, -0.2) is 23.6 Å². The Kier molecular flexibility index (Phi) is 4.54. The zero-order valence-electron chi connectivity index (χ0n) is 10.1. The summed E-state index contributed by atoms with van der Waals surface area (Å²) in [6, 6.07) is 0. The zero-order chi connectivity index (χ0) is 14.1. The summed E-state index contributed by atoms with van der Waals surface area (Å²) in [6.07, 6.45) is -5.92. The highest BCUT2D eigenvalue weighted by atomic mass is 19.3. The quantitative estimate of drug-likeness (QED) is 0.645. The summed E-state index contributed by atoms with van der Waals surface area (Å²) in [5.41, 5.74) is -4.29. The third-order valence-corrected chi connectivity index (χ3v) is 2.74. The molecule has 0 aromatic heterocycles. The van der Waals surface area contributed by atoms with E-state index in [9.17, 15) is 26.3 Å². The lowest BCUT2D eigenvalue weighted by Crippen LogP contribution is -2.57. The van der Waals surface area contributed by atoms with Crippen LogP contribution in [0.2, 0.25) is 0 Å². The lowest BCUT2D eigenvalue weighted by Gasteiger charge is -2.37. The van der Waals surface area contributed by atoms with Crippen LogP contribution in [0.3, 0.4) is 0 Å². The van der Waals surface area contributed by atoms with E-state index in [-0.39, 0.29) is 13.8 Å². The average Bonchev–Trinajstić information content (AvgIpc) is 2.15. The van der Waals surface area contributed by atoms with Gasteiger partial charge in [-0.25, -0.2) is 17.6 Å². The van der Waals surface area contributed by atoms with Crippen LogP contribution in [0, 0.1) is 0 Å². The topological polar surface area (TPSA) is 9.23 Å². The van der Waals surface area contributed by atoms with Crippen molar-refractivity contribution in [2.24, 2.45) is 0 Å². The van der Waals surface area contributed by atoms with E-state index in [1.54, 1.807) is 0 Å². The van der Waals surface area contributed by atoms with Crippen LogP contribution < -0.4 is 0 Å². The van der Waals surface area contributed by atoms with Gasteiger partial charge in [0.2, 0.25) is 5.85 Å². The van der Waals surface area contributed by atoms with E-state index >= 15 is 0 Å². The van der Waals surface area contributed by atoms with E-state index in [4.69, 9.17) is 0 Å². The molecular formula is C10H16F6O. The minimum atomic E-state index is -4.92. The molecule has 1 nitrogen and oxygen atoms in total. The van der Waals surface area contributed by atoms with Crippen molar-refractivity contribution in [2.45, 2.75) is 64.1 Å². The summed E-state index contributed by atoms with van der Waals surface area (Å²) in [5.74, 6) is -7.19. The Hall–Kier alpha value is -0.460. The molecule has 7 heteroatoms. The first-order chi connectivity index (χ1) is 7.33. The second kappa shape index (κ2) is 4.66. The fraction of sp³-hybridized carbons (Fsp3) is 1.00. The molecule has 0 saturated carbocycles. The molecule has 0 aromatic carbocycles. The van der Waals surface area contributed by atoms with Crippen LogP contribution in [0.4, 0.5) is 26.3 Å². The first-order valence-electron chi connectivity index (χ1n) is 5.16. The molecule has 0 spiro atoms. The Labute approximate surface area is 96.1 Å². The van der Waals surface area contributed by atoms with Gasteiger partial charge in [-0.1, -0.05) is 13.8 Å². The smallest absolute Gasteiger partial charge is 0.280 e. The standard InChI is InChI=1S/C10H16F6O/c1-5-9(14,6-2)17-10(15,16)7(3,11)8(4,12)13/h5-6H2,1-4H3. The van der Waals surface area contributed by atoms with Crippen LogP contribution in [0.1, 0.15) is 40.5 Å². The molecule has 17 heavy (non-hydrogen) atoms. The second-order valence-corrected chi connectivity index (χ2v) is 4.10. The van der Waals surface area contributed by atoms with E-state index in [1.165, 1.54) is 13.8 Å². The van der Waals surface area contributed by atoms with Gasteiger partial charge in [-0.05, 0) is 6.92 Å². The molecular weight excluding hydrogens is 250 g/mol. The Morgan fingerprint density at radius 3 is 1.41 bits per heavy atom. The fourth-order valence-electron chi connectivity index (χ4n) is 0.975. The molecule has 0 amide bonds. The molecule has 1 unspecified atom stereocenters. The van der Waals surface area contributed by atoms with Crippen LogP contribution in [0.15, 0.2) is 0 Å². The van der Waals surface area contributed by atoms with Crippen molar-refractivity contribution in [1.82, 2.24) is 0 Å². The van der Waals surface area contributed by atoms with Crippen molar-refractivity contribution in [3.05, 3.63) is 0 Å². The highest BCUT2D eigenvalue weighted by Crippen LogP contribution is 2.47. The van der Waals surface area contributed by atoms with Gasteiger partial charge in [-0.2, -0.15) is 8.78 Å². The van der Waals surface area contributed by atoms with E-state index in [1.807, 2.05) is 0 Å². The van der Waals surface area contributed by atoms with Crippen molar-refractivity contribution >= 4 is 0 Å². The van der Waals surface area contributed by atoms with Crippen molar-refractivity contribution < 1.29 is 31.1 Å². The SMILES string of the molecule is CCC(F)(CC)OC(F)(F)C(C)(F)C(C)(F)F. The second-order valence-electron chi connectivity index (χ2n) is 4.10. The minimum absolute atomic E-state index is 0.0118. The third kappa shape index (κ3) is 3.26. The van der Waals surface area contributed by atoms with Gasteiger partial charge in [0.05, 0.1) is 0 Å². The van der Waals surface area contributed by atoms with Crippen LogP contribution in [0.5, 0.6) is 0 Å². The van der Waals surface area contributed by atoms with Gasteiger partial charge >= 0.3 is 6.11 Å². The van der Waals surface area contributed by atoms with Crippen molar-refractivity contribution in [2.75, 3.05) is 0 Å². The van der Waals surface area contributed by atoms with Gasteiger partial charge in [0.25, 0.3) is 11.6 Å². The third-order valence-electron chi connectivity index (χ3n) is 2.74. The maximum Gasteiger partial charge on any atom is 0.398 e. The molecule has 1 atom stereocenters. The van der Waals surface area contributed by atoms with Gasteiger partial charge < -0.3 is 0 Å². The van der Waals surface area contributed by atoms with Gasteiger partial charge in [-0.15, -0.1) is 0 Å². The Balaban J connectivity index is 5.16. The largest absolute Gasteiger partial charge is 0.398 e. The summed E-state index contributed by atoms with van der Waals surface area (Å²) in [5, 5.41) is 0. The average molecular weight is 266 g/mol. The normalized spacial score (nSPS) is 18.0. The molecule has 0 fully saturated rings. The van der Waals surface area contributed by atoms with Gasteiger partial charge in [0.1, 0.15) is 0 Å². The number of rotatable bonds is 6. The molecule has 0 saturated heterocycles. The first kappa shape index (κ1) is 16.5. The van der Waals surface area contributed by atoms with E-state index in [2.05, 4.69) is 4.74 Å². The molecule has 0 aliphatic rings. The molecule has 0 heterocycles. The van der Waals surface area contributed by atoms with Gasteiger partial charge in [0.15, 0.2) is 0 Å². The highest BCUT2D eigenvalue weighted by Gasteiger charge is 2.67. The van der Waals surface area contributed by atoms with Gasteiger partial charge in [0, 0.05) is 19.8 Å². The monoisotopic (exact) mass is 266 g/mol. The summed E-state index contributed by atoms with van der Waals surface area (Å²) < 4.78 is 82.5. The van der Waals surface area contributed by atoms with Crippen molar-refractivity contribution in [3.8, 4) is 0 Å².